The Balaban J connectivity index is 1.30. The van der Waals surface area contributed by atoms with Crippen molar-refractivity contribution in [2.45, 2.75) is 18.9 Å². The highest BCUT2D eigenvalue weighted by Crippen LogP contribution is 2.20. The average molecular weight is 365 g/mol. The Morgan fingerprint density at radius 1 is 1.33 bits per heavy atom. The van der Waals surface area contributed by atoms with Crippen LogP contribution >= 0.6 is 0 Å². The number of fused-ring (bicyclic) bond motifs is 1. The second-order valence-corrected chi connectivity index (χ2v) is 6.93. The van der Waals surface area contributed by atoms with Crippen molar-refractivity contribution >= 4 is 22.5 Å². The minimum Gasteiger partial charge on any atom is -0.369 e. The van der Waals surface area contributed by atoms with Crippen LogP contribution in [0.25, 0.3) is 10.9 Å². The fourth-order valence-electron chi connectivity index (χ4n) is 3.23. The van der Waals surface area contributed by atoms with Crippen LogP contribution < -0.4 is 5.32 Å². The standard InChI is InChI=1S/C20H23N5O2/c1-25-8-9-27-19(13-25)18-5-2-14(11-21-18)3-7-20(26)23-16-4-6-17-15(10-16)12-22-24-17/h2,4-6,10-12,19H,3,7-9,13H2,1H3,(H,22,24)(H,23,26). The van der Waals surface area contributed by atoms with Gasteiger partial charge >= 0.3 is 0 Å². The Bertz CT molecular complexity index is 922. The Morgan fingerprint density at radius 2 is 2.26 bits per heavy atom. The molecule has 1 saturated heterocycles. The van der Waals surface area contributed by atoms with Crippen molar-refractivity contribution in [3.8, 4) is 0 Å². The molecule has 3 aromatic rings. The van der Waals surface area contributed by atoms with Crippen LogP contribution in [0, 0.1) is 0 Å². The highest BCUT2D eigenvalue weighted by Gasteiger charge is 2.20. The van der Waals surface area contributed by atoms with Gasteiger partial charge in [-0.15, -0.1) is 0 Å². The second kappa shape index (κ2) is 7.85. The lowest BCUT2D eigenvalue weighted by atomic mass is 10.1. The van der Waals surface area contributed by atoms with Gasteiger partial charge in [-0.05, 0) is 43.3 Å². The van der Waals surface area contributed by atoms with E-state index in [0.717, 1.165) is 47.5 Å². The van der Waals surface area contributed by atoms with Crippen LogP contribution in [0.2, 0.25) is 0 Å². The molecule has 0 aliphatic carbocycles. The molecule has 0 bridgehead atoms. The van der Waals surface area contributed by atoms with E-state index in [0.29, 0.717) is 12.8 Å². The monoisotopic (exact) mass is 365 g/mol. The summed E-state index contributed by atoms with van der Waals surface area (Å²) in [5.41, 5.74) is 3.72. The Hall–Kier alpha value is -2.77. The van der Waals surface area contributed by atoms with Crippen LogP contribution in [-0.4, -0.2) is 52.7 Å². The fourth-order valence-corrected chi connectivity index (χ4v) is 3.23. The molecule has 1 fully saturated rings. The van der Waals surface area contributed by atoms with E-state index in [9.17, 15) is 4.79 Å². The number of nitrogens with zero attached hydrogens (tertiary/aromatic N) is 3. The smallest absolute Gasteiger partial charge is 0.224 e. The van der Waals surface area contributed by atoms with Crippen molar-refractivity contribution in [1.29, 1.82) is 0 Å². The van der Waals surface area contributed by atoms with Crippen molar-refractivity contribution in [3.05, 3.63) is 54.0 Å². The Kier molecular flexibility index (Phi) is 5.13. The van der Waals surface area contributed by atoms with Crippen LogP contribution in [0.15, 0.2) is 42.7 Å². The molecule has 7 heteroatoms. The summed E-state index contributed by atoms with van der Waals surface area (Å²) in [4.78, 5) is 19.0. The molecular formula is C20H23N5O2. The predicted molar refractivity (Wildman–Crippen MR) is 103 cm³/mol. The van der Waals surface area contributed by atoms with Gasteiger partial charge in [-0.1, -0.05) is 6.07 Å². The first-order valence-corrected chi connectivity index (χ1v) is 9.15. The Labute approximate surface area is 157 Å². The second-order valence-electron chi connectivity index (χ2n) is 6.93. The maximum atomic E-state index is 12.2. The molecule has 140 valence electrons. The number of hydrogen-bond acceptors (Lipinski definition) is 5. The first kappa shape index (κ1) is 17.6. The maximum Gasteiger partial charge on any atom is 0.224 e. The molecule has 0 radical (unpaired) electrons. The minimum atomic E-state index is -0.0147. The summed E-state index contributed by atoms with van der Waals surface area (Å²) >= 11 is 0. The molecule has 1 aliphatic heterocycles. The third-order valence-electron chi connectivity index (χ3n) is 4.81. The van der Waals surface area contributed by atoms with Gasteiger partial charge in [-0.2, -0.15) is 5.10 Å². The largest absolute Gasteiger partial charge is 0.369 e. The van der Waals surface area contributed by atoms with Gasteiger partial charge in [0.1, 0.15) is 6.10 Å². The molecular weight excluding hydrogens is 342 g/mol. The van der Waals surface area contributed by atoms with E-state index in [1.807, 2.05) is 36.5 Å². The van der Waals surface area contributed by atoms with Crippen LogP contribution in [0.3, 0.4) is 0 Å². The normalized spacial score (nSPS) is 17.9. The lowest BCUT2D eigenvalue weighted by Crippen LogP contribution is -2.35. The average Bonchev–Trinajstić information content (AvgIpc) is 3.15. The van der Waals surface area contributed by atoms with Gasteiger partial charge in [0.15, 0.2) is 0 Å². The zero-order valence-electron chi connectivity index (χ0n) is 15.3. The van der Waals surface area contributed by atoms with Crippen molar-refractivity contribution < 1.29 is 9.53 Å². The number of anilines is 1. The van der Waals surface area contributed by atoms with Gasteiger partial charge in [0, 0.05) is 36.8 Å². The van der Waals surface area contributed by atoms with E-state index in [4.69, 9.17) is 4.74 Å². The van der Waals surface area contributed by atoms with E-state index in [1.165, 1.54) is 0 Å². The number of nitrogens with one attached hydrogen (secondary N) is 2. The molecule has 3 heterocycles. The molecule has 1 unspecified atom stereocenters. The van der Waals surface area contributed by atoms with Crippen LogP contribution in [-0.2, 0) is 16.0 Å². The van der Waals surface area contributed by atoms with Crippen molar-refractivity contribution in [2.75, 3.05) is 32.1 Å². The number of carbonyl (C=O) groups excluding carboxylic acids is 1. The molecule has 1 amide bonds. The lowest BCUT2D eigenvalue weighted by Gasteiger charge is -2.29. The van der Waals surface area contributed by atoms with Gasteiger partial charge in [0.25, 0.3) is 0 Å². The van der Waals surface area contributed by atoms with E-state index in [2.05, 4.69) is 32.4 Å². The predicted octanol–water partition coefficient (Wildman–Crippen LogP) is 2.53. The van der Waals surface area contributed by atoms with Crippen molar-refractivity contribution in [2.24, 2.45) is 0 Å². The maximum absolute atomic E-state index is 12.2. The molecule has 7 nitrogen and oxygen atoms in total. The van der Waals surface area contributed by atoms with Gasteiger partial charge in [0.05, 0.1) is 24.0 Å². The van der Waals surface area contributed by atoms with E-state index in [1.54, 1.807) is 6.20 Å². The topological polar surface area (TPSA) is 83.1 Å². The fraction of sp³-hybridized carbons (Fsp3) is 0.350. The first-order chi connectivity index (χ1) is 13.2. The third kappa shape index (κ3) is 4.32. The summed E-state index contributed by atoms with van der Waals surface area (Å²) in [6.45, 7) is 2.54. The van der Waals surface area contributed by atoms with Gasteiger partial charge in [-0.3, -0.25) is 14.9 Å². The number of carbonyl (C=O) groups is 1. The molecule has 1 atom stereocenters. The van der Waals surface area contributed by atoms with E-state index < -0.39 is 0 Å². The van der Waals surface area contributed by atoms with Gasteiger partial charge < -0.3 is 15.0 Å². The molecule has 1 aromatic carbocycles. The molecule has 1 aliphatic rings. The summed E-state index contributed by atoms with van der Waals surface area (Å²) < 4.78 is 5.79. The van der Waals surface area contributed by atoms with Crippen molar-refractivity contribution in [1.82, 2.24) is 20.1 Å². The number of rotatable bonds is 5. The number of H-pyrrole nitrogens is 1. The summed E-state index contributed by atoms with van der Waals surface area (Å²) in [5.74, 6) is -0.0147. The number of aromatic amines is 1. The molecule has 27 heavy (non-hydrogen) atoms. The number of likely N-dealkylation sites (N-methyl/N-ethyl adjacent to an activating group) is 1. The SMILES string of the molecule is CN1CCOC(c2ccc(CCC(=O)Nc3ccc4[nH]ncc4c3)cn2)C1. The number of aromatic nitrogens is 3. The zero-order chi connectivity index (χ0) is 18.6. The number of amides is 1. The van der Waals surface area contributed by atoms with Crippen LogP contribution in [0.4, 0.5) is 5.69 Å². The van der Waals surface area contributed by atoms with E-state index in [-0.39, 0.29) is 12.0 Å². The molecule has 2 N–H and O–H groups in total. The van der Waals surface area contributed by atoms with Gasteiger partial charge in [-0.25, -0.2) is 0 Å². The lowest BCUT2D eigenvalue weighted by molar-refractivity contribution is -0.116. The third-order valence-corrected chi connectivity index (χ3v) is 4.81. The number of aryl methyl sites for hydroxylation is 1. The van der Waals surface area contributed by atoms with Crippen LogP contribution in [0.5, 0.6) is 0 Å². The van der Waals surface area contributed by atoms with Crippen molar-refractivity contribution in [3.63, 3.8) is 0 Å². The zero-order valence-corrected chi connectivity index (χ0v) is 15.3. The quantitative estimate of drug-likeness (QED) is 0.726. The summed E-state index contributed by atoms with van der Waals surface area (Å²) in [6, 6.07) is 9.73. The minimum absolute atomic E-state index is 0.0147. The number of morpholine rings is 1. The molecule has 2 aromatic heterocycles. The number of benzene rings is 1. The number of ether oxygens (including phenoxy) is 1. The van der Waals surface area contributed by atoms with Gasteiger partial charge in [0.2, 0.25) is 5.91 Å². The number of pyridine rings is 1. The molecule has 4 rings (SSSR count). The summed E-state index contributed by atoms with van der Waals surface area (Å²) in [7, 11) is 2.09. The highest BCUT2D eigenvalue weighted by atomic mass is 16.5. The first-order valence-electron chi connectivity index (χ1n) is 9.15. The Morgan fingerprint density at radius 3 is 3.07 bits per heavy atom. The number of hydrogen-bond donors (Lipinski definition) is 2. The highest BCUT2D eigenvalue weighted by molar-refractivity contribution is 5.93. The van der Waals surface area contributed by atoms with Crippen LogP contribution in [0.1, 0.15) is 23.8 Å². The summed E-state index contributed by atoms with van der Waals surface area (Å²) in [5, 5.41) is 10.8. The van der Waals surface area contributed by atoms with E-state index >= 15 is 0 Å². The summed E-state index contributed by atoms with van der Waals surface area (Å²) in [6.07, 6.45) is 4.68. The molecule has 0 saturated carbocycles. The molecule has 0 spiro atoms.